The largest absolute Gasteiger partial charge is 0.436 e. The molecule has 2 heterocycles. The molecule has 2 aromatic carbocycles. The number of fused-ring (bicyclic) bond motifs is 1. The summed E-state index contributed by atoms with van der Waals surface area (Å²) in [6, 6.07) is 14.0. The summed E-state index contributed by atoms with van der Waals surface area (Å²) in [5.41, 5.74) is 4.03. The van der Waals surface area contributed by atoms with Gasteiger partial charge in [0.2, 0.25) is 0 Å². The Kier molecular flexibility index (Phi) is 4.24. The Hall–Kier alpha value is -2.66. The number of para-hydroxylation sites is 2. The fraction of sp³-hybridized carbons (Fsp3) is 0.300. The quantitative estimate of drug-likeness (QED) is 0.727. The zero-order chi connectivity index (χ0) is 17.2. The standard InChI is InChI=1S/C20H21N3O2/c1-14-11-15(2)13-16(12-14)25-20-19(23-7-9-24-10-8-23)21-17-5-3-4-6-18(17)22-20/h3-6,11-13H,7-10H2,1-2H3. The molecule has 1 aliphatic heterocycles. The van der Waals surface area contributed by atoms with Crippen LogP contribution in [0.15, 0.2) is 42.5 Å². The smallest absolute Gasteiger partial charge is 0.263 e. The molecule has 3 aromatic rings. The van der Waals surface area contributed by atoms with E-state index in [0.717, 1.165) is 46.8 Å². The number of hydrogen-bond donors (Lipinski definition) is 0. The highest BCUT2D eigenvalue weighted by Crippen LogP contribution is 2.32. The Morgan fingerprint density at radius 2 is 1.56 bits per heavy atom. The second-order valence-corrected chi connectivity index (χ2v) is 6.37. The molecule has 0 aliphatic carbocycles. The van der Waals surface area contributed by atoms with E-state index in [0.29, 0.717) is 19.1 Å². The lowest BCUT2D eigenvalue weighted by atomic mass is 10.1. The first-order chi connectivity index (χ1) is 12.2. The number of benzene rings is 2. The molecule has 0 unspecified atom stereocenters. The van der Waals surface area contributed by atoms with E-state index in [1.807, 2.05) is 36.4 Å². The van der Waals surface area contributed by atoms with Crippen LogP contribution in [0.1, 0.15) is 11.1 Å². The van der Waals surface area contributed by atoms with Crippen molar-refractivity contribution in [3.05, 3.63) is 53.6 Å². The molecule has 1 aromatic heterocycles. The zero-order valence-corrected chi connectivity index (χ0v) is 14.5. The molecule has 0 atom stereocenters. The summed E-state index contributed by atoms with van der Waals surface area (Å²) < 4.78 is 11.6. The first-order valence-corrected chi connectivity index (χ1v) is 8.55. The first-order valence-electron chi connectivity index (χ1n) is 8.55. The number of aryl methyl sites for hydroxylation is 2. The van der Waals surface area contributed by atoms with Crippen LogP contribution in [0.4, 0.5) is 5.82 Å². The van der Waals surface area contributed by atoms with Gasteiger partial charge in [-0.25, -0.2) is 9.97 Å². The molecule has 0 radical (unpaired) electrons. The number of ether oxygens (including phenoxy) is 2. The molecule has 0 spiro atoms. The fourth-order valence-corrected chi connectivity index (χ4v) is 3.13. The lowest BCUT2D eigenvalue weighted by Gasteiger charge is -2.28. The van der Waals surface area contributed by atoms with Crippen molar-refractivity contribution < 1.29 is 9.47 Å². The van der Waals surface area contributed by atoms with Crippen molar-refractivity contribution in [1.82, 2.24) is 9.97 Å². The molecule has 128 valence electrons. The average Bonchev–Trinajstić information content (AvgIpc) is 2.61. The Balaban J connectivity index is 1.79. The van der Waals surface area contributed by atoms with Gasteiger partial charge in [0.05, 0.1) is 24.2 Å². The summed E-state index contributed by atoms with van der Waals surface area (Å²) in [5.74, 6) is 2.11. The van der Waals surface area contributed by atoms with Crippen LogP contribution in [-0.4, -0.2) is 36.3 Å². The van der Waals surface area contributed by atoms with Gasteiger partial charge < -0.3 is 14.4 Å². The fourth-order valence-electron chi connectivity index (χ4n) is 3.13. The van der Waals surface area contributed by atoms with Gasteiger partial charge in [0.25, 0.3) is 5.88 Å². The van der Waals surface area contributed by atoms with E-state index in [1.54, 1.807) is 0 Å². The van der Waals surface area contributed by atoms with Gasteiger partial charge in [0.1, 0.15) is 5.75 Å². The second kappa shape index (κ2) is 6.69. The van der Waals surface area contributed by atoms with Crippen LogP contribution in [0, 0.1) is 13.8 Å². The van der Waals surface area contributed by atoms with E-state index in [4.69, 9.17) is 19.4 Å². The van der Waals surface area contributed by atoms with Crippen LogP contribution in [0.3, 0.4) is 0 Å². The van der Waals surface area contributed by atoms with Crippen molar-refractivity contribution in [2.75, 3.05) is 31.2 Å². The average molecular weight is 335 g/mol. The summed E-state index contributed by atoms with van der Waals surface area (Å²) in [6.07, 6.45) is 0. The molecule has 0 amide bonds. The van der Waals surface area contributed by atoms with Gasteiger partial charge >= 0.3 is 0 Å². The van der Waals surface area contributed by atoms with Crippen LogP contribution in [-0.2, 0) is 4.74 Å². The van der Waals surface area contributed by atoms with E-state index in [2.05, 4.69) is 24.8 Å². The van der Waals surface area contributed by atoms with Crippen molar-refractivity contribution in [3.63, 3.8) is 0 Å². The third kappa shape index (κ3) is 3.42. The maximum absolute atomic E-state index is 6.18. The lowest BCUT2D eigenvalue weighted by Crippen LogP contribution is -2.37. The number of morpholine rings is 1. The van der Waals surface area contributed by atoms with Crippen molar-refractivity contribution in [2.24, 2.45) is 0 Å². The van der Waals surface area contributed by atoms with E-state index < -0.39 is 0 Å². The number of anilines is 1. The topological polar surface area (TPSA) is 47.5 Å². The highest BCUT2D eigenvalue weighted by atomic mass is 16.5. The predicted octanol–water partition coefficient (Wildman–Crippen LogP) is 3.88. The minimum atomic E-state index is 0.547. The molecule has 0 saturated carbocycles. The molecule has 1 fully saturated rings. The molecule has 25 heavy (non-hydrogen) atoms. The predicted molar refractivity (Wildman–Crippen MR) is 98.6 cm³/mol. The van der Waals surface area contributed by atoms with Crippen molar-refractivity contribution in [2.45, 2.75) is 13.8 Å². The van der Waals surface area contributed by atoms with Crippen LogP contribution in [0.25, 0.3) is 11.0 Å². The van der Waals surface area contributed by atoms with Gasteiger partial charge in [0.15, 0.2) is 5.82 Å². The van der Waals surface area contributed by atoms with Gasteiger partial charge in [-0.2, -0.15) is 0 Å². The monoisotopic (exact) mass is 335 g/mol. The third-order valence-electron chi connectivity index (χ3n) is 4.24. The number of nitrogens with zero attached hydrogens (tertiary/aromatic N) is 3. The zero-order valence-electron chi connectivity index (χ0n) is 14.5. The van der Waals surface area contributed by atoms with Gasteiger partial charge in [0, 0.05) is 13.1 Å². The van der Waals surface area contributed by atoms with E-state index >= 15 is 0 Å². The highest BCUT2D eigenvalue weighted by molar-refractivity contribution is 5.77. The maximum Gasteiger partial charge on any atom is 0.263 e. The molecule has 5 heteroatoms. The molecule has 4 rings (SSSR count). The number of rotatable bonds is 3. The molecular weight excluding hydrogens is 314 g/mol. The summed E-state index contributed by atoms with van der Waals surface area (Å²) in [5, 5.41) is 0. The van der Waals surface area contributed by atoms with E-state index in [1.165, 1.54) is 0 Å². The van der Waals surface area contributed by atoms with Crippen molar-refractivity contribution >= 4 is 16.9 Å². The minimum Gasteiger partial charge on any atom is -0.436 e. The van der Waals surface area contributed by atoms with Crippen LogP contribution >= 0.6 is 0 Å². The normalized spacial score (nSPS) is 14.7. The SMILES string of the molecule is Cc1cc(C)cc(Oc2nc3ccccc3nc2N2CCOCC2)c1. The molecule has 1 saturated heterocycles. The second-order valence-electron chi connectivity index (χ2n) is 6.37. The molecule has 0 N–H and O–H groups in total. The van der Waals surface area contributed by atoms with E-state index in [-0.39, 0.29) is 0 Å². The Morgan fingerprint density at radius 3 is 2.24 bits per heavy atom. The van der Waals surface area contributed by atoms with Gasteiger partial charge in [-0.1, -0.05) is 18.2 Å². The Labute approximate surface area is 147 Å². The van der Waals surface area contributed by atoms with Gasteiger partial charge in [-0.3, -0.25) is 0 Å². The minimum absolute atomic E-state index is 0.547. The molecule has 1 aliphatic rings. The third-order valence-corrected chi connectivity index (χ3v) is 4.24. The van der Waals surface area contributed by atoms with Crippen LogP contribution in [0.5, 0.6) is 11.6 Å². The summed E-state index contributed by atoms with van der Waals surface area (Å²) in [6.45, 7) is 7.09. The Bertz CT molecular complexity index is 884. The van der Waals surface area contributed by atoms with Crippen LogP contribution < -0.4 is 9.64 Å². The number of hydrogen-bond acceptors (Lipinski definition) is 5. The van der Waals surface area contributed by atoms with Crippen molar-refractivity contribution in [3.8, 4) is 11.6 Å². The highest BCUT2D eigenvalue weighted by Gasteiger charge is 2.20. The lowest BCUT2D eigenvalue weighted by molar-refractivity contribution is 0.122. The summed E-state index contributed by atoms with van der Waals surface area (Å²) in [4.78, 5) is 11.7. The maximum atomic E-state index is 6.18. The number of aromatic nitrogens is 2. The summed E-state index contributed by atoms with van der Waals surface area (Å²) >= 11 is 0. The van der Waals surface area contributed by atoms with Crippen molar-refractivity contribution in [1.29, 1.82) is 0 Å². The van der Waals surface area contributed by atoms with Crippen LogP contribution in [0.2, 0.25) is 0 Å². The molecular formula is C20H21N3O2. The Morgan fingerprint density at radius 1 is 0.920 bits per heavy atom. The molecule has 5 nitrogen and oxygen atoms in total. The van der Waals surface area contributed by atoms with Gasteiger partial charge in [-0.15, -0.1) is 0 Å². The van der Waals surface area contributed by atoms with E-state index in [9.17, 15) is 0 Å². The summed E-state index contributed by atoms with van der Waals surface area (Å²) in [7, 11) is 0. The molecule has 0 bridgehead atoms. The van der Waals surface area contributed by atoms with Gasteiger partial charge in [-0.05, 0) is 49.2 Å². The first kappa shape index (κ1) is 15.8.